The van der Waals surface area contributed by atoms with Gasteiger partial charge in [-0.05, 0) is 12.1 Å². The first-order valence-corrected chi connectivity index (χ1v) is 7.13. The summed E-state index contributed by atoms with van der Waals surface area (Å²) < 4.78 is 0. The number of rotatable bonds is 2. The predicted octanol–water partition coefficient (Wildman–Crippen LogP) is 2.70. The molecule has 0 aromatic heterocycles. The van der Waals surface area contributed by atoms with Crippen LogP contribution in [0.1, 0.15) is 28.4 Å². The van der Waals surface area contributed by atoms with Gasteiger partial charge in [-0.25, -0.2) is 9.69 Å². The van der Waals surface area contributed by atoms with Crippen LogP contribution < -0.4 is 4.90 Å². The second-order valence-electron chi connectivity index (χ2n) is 5.29. The van der Waals surface area contributed by atoms with Gasteiger partial charge in [-0.1, -0.05) is 36.4 Å². The molecule has 0 unspecified atom stereocenters. The molecule has 6 heteroatoms. The monoisotopic (exact) mass is 323 g/mol. The fourth-order valence-corrected chi connectivity index (χ4v) is 2.68. The average molecular weight is 323 g/mol. The molecule has 2 aromatic carbocycles. The lowest BCUT2D eigenvalue weighted by atomic mass is 10.0. The van der Waals surface area contributed by atoms with Crippen LogP contribution in [-0.2, 0) is 9.59 Å². The number of anilines is 1. The summed E-state index contributed by atoms with van der Waals surface area (Å²) in [5.74, 6) is -2.66. The van der Waals surface area contributed by atoms with Crippen LogP contribution >= 0.6 is 0 Å². The van der Waals surface area contributed by atoms with E-state index in [4.69, 9.17) is 5.11 Å². The summed E-state index contributed by atoms with van der Waals surface area (Å²) in [5.41, 5.74) is 0.836. The molecule has 0 bridgehead atoms. The molecule has 0 saturated heterocycles. The van der Waals surface area contributed by atoms with E-state index in [2.05, 4.69) is 0 Å². The van der Waals surface area contributed by atoms with E-state index >= 15 is 0 Å². The average Bonchev–Trinajstić information content (AvgIpc) is 2.86. The number of nitrogens with zero attached hydrogens (tertiary/aromatic N) is 1. The van der Waals surface area contributed by atoms with Crippen LogP contribution in [0.15, 0.2) is 48.5 Å². The van der Waals surface area contributed by atoms with Crippen molar-refractivity contribution in [2.75, 3.05) is 4.90 Å². The zero-order valence-corrected chi connectivity index (χ0v) is 12.7. The van der Waals surface area contributed by atoms with E-state index in [-0.39, 0.29) is 22.6 Å². The van der Waals surface area contributed by atoms with Gasteiger partial charge >= 0.3 is 5.97 Å². The SMILES string of the molecule is CC(=O)N1C(=O)/C(=C(\O)c2ccccc2)c2ccc(C(=O)O)cc21. The number of imide groups is 1. The molecule has 1 aliphatic heterocycles. The molecule has 2 N–H and O–H groups in total. The Balaban J connectivity index is 2.27. The van der Waals surface area contributed by atoms with E-state index < -0.39 is 17.8 Å². The number of hydrogen-bond acceptors (Lipinski definition) is 4. The quantitative estimate of drug-likeness (QED) is 0.654. The molecule has 0 fully saturated rings. The lowest BCUT2D eigenvalue weighted by molar-refractivity contribution is -0.122. The summed E-state index contributed by atoms with van der Waals surface area (Å²) in [7, 11) is 0. The Bertz CT molecular complexity index is 899. The number of benzene rings is 2. The van der Waals surface area contributed by atoms with Crippen molar-refractivity contribution in [1.82, 2.24) is 0 Å². The molecule has 1 heterocycles. The summed E-state index contributed by atoms with van der Waals surface area (Å²) in [6.45, 7) is 1.21. The third kappa shape index (κ3) is 2.34. The van der Waals surface area contributed by atoms with Gasteiger partial charge in [0.25, 0.3) is 5.91 Å². The normalized spacial score (nSPS) is 15.2. The number of aliphatic hydroxyl groups excluding tert-OH is 1. The molecule has 24 heavy (non-hydrogen) atoms. The Morgan fingerprint density at radius 3 is 2.21 bits per heavy atom. The van der Waals surface area contributed by atoms with Crippen LogP contribution in [0.5, 0.6) is 0 Å². The Kier molecular flexibility index (Phi) is 3.65. The minimum atomic E-state index is -1.17. The highest BCUT2D eigenvalue weighted by Crippen LogP contribution is 2.40. The van der Waals surface area contributed by atoms with E-state index in [9.17, 15) is 19.5 Å². The van der Waals surface area contributed by atoms with E-state index in [1.165, 1.54) is 25.1 Å². The minimum Gasteiger partial charge on any atom is -0.506 e. The smallest absolute Gasteiger partial charge is 0.335 e. The Hall–Kier alpha value is -3.41. The third-order valence-corrected chi connectivity index (χ3v) is 3.77. The molecule has 2 aromatic rings. The zero-order chi connectivity index (χ0) is 17.4. The molecule has 0 atom stereocenters. The summed E-state index contributed by atoms with van der Waals surface area (Å²) in [6.07, 6.45) is 0. The molecule has 120 valence electrons. The molecule has 6 nitrogen and oxygen atoms in total. The number of carboxylic acids is 1. The van der Waals surface area contributed by atoms with Crippen LogP contribution in [0.3, 0.4) is 0 Å². The van der Waals surface area contributed by atoms with Crippen molar-refractivity contribution in [1.29, 1.82) is 0 Å². The van der Waals surface area contributed by atoms with Crippen molar-refractivity contribution < 1.29 is 24.6 Å². The third-order valence-electron chi connectivity index (χ3n) is 3.77. The molecule has 1 aliphatic rings. The first-order chi connectivity index (χ1) is 11.4. The molecule has 0 saturated carbocycles. The van der Waals surface area contributed by atoms with Crippen LogP contribution in [0.2, 0.25) is 0 Å². The number of amides is 2. The number of hydrogen-bond donors (Lipinski definition) is 2. The molecule has 2 amide bonds. The summed E-state index contributed by atoms with van der Waals surface area (Å²) in [4.78, 5) is 36.5. The van der Waals surface area contributed by atoms with Gasteiger partial charge in [-0.2, -0.15) is 0 Å². The van der Waals surface area contributed by atoms with Crippen molar-refractivity contribution in [2.24, 2.45) is 0 Å². The standard InChI is InChI=1S/C18H13NO5/c1-10(20)19-14-9-12(18(23)24)7-8-13(14)15(17(19)22)16(21)11-5-3-2-4-6-11/h2-9,21H,1H3,(H,23,24)/b16-15-. The second-order valence-corrected chi connectivity index (χ2v) is 5.29. The molecular weight excluding hydrogens is 310 g/mol. The van der Waals surface area contributed by atoms with Crippen molar-refractivity contribution >= 4 is 34.8 Å². The molecule has 3 rings (SSSR count). The molecule has 0 aliphatic carbocycles. The topological polar surface area (TPSA) is 94.9 Å². The molecular formula is C18H13NO5. The van der Waals surface area contributed by atoms with Crippen LogP contribution in [0.4, 0.5) is 5.69 Å². The van der Waals surface area contributed by atoms with Crippen LogP contribution in [0, 0.1) is 0 Å². The largest absolute Gasteiger partial charge is 0.506 e. The number of aliphatic hydroxyl groups is 1. The maximum absolute atomic E-state index is 12.6. The van der Waals surface area contributed by atoms with E-state index in [0.717, 1.165) is 4.90 Å². The minimum absolute atomic E-state index is 0.0247. The van der Waals surface area contributed by atoms with Crippen molar-refractivity contribution in [3.05, 3.63) is 65.2 Å². The first-order valence-electron chi connectivity index (χ1n) is 7.13. The van der Waals surface area contributed by atoms with Crippen molar-refractivity contribution in [3.63, 3.8) is 0 Å². The summed E-state index contributed by atoms with van der Waals surface area (Å²) in [6, 6.07) is 12.5. The summed E-state index contributed by atoms with van der Waals surface area (Å²) >= 11 is 0. The number of carbonyl (C=O) groups is 3. The lowest BCUT2D eigenvalue weighted by Crippen LogP contribution is -2.31. The lowest BCUT2D eigenvalue weighted by Gasteiger charge is -2.12. The zero-order valence-electron chi connectivity index (χ0n) is 12.7. The maximum atomic E-state index is 12.6. The number of fused-ring (bicyclic) bond motifs is 1. The van der Waals surface area contributed by atoms with Crippen LogP contribution in [0.25, 0.3) is 11.3 Å². The van der Waals surface area contributed by atoms with E-state index in [0.29, 0.717) is 11.1 Å². The highest BCUT2D eigenvalue weighted by molar-refractivity contribution is 6.42. The van der Waals surface area contributed by atoms with Gasteiger partial charge in [0, 0.05) is 18.1 Å². The van der Waals surface area contributed by atoms with Gasteiger partial charge in [0.05, 0.1) is 16.8 Å². The highest BCUT2D eigenvalue weighted by atomic mass is 16.4. The number of aromatic carboxylic acids is 1. The van der Waals surface area contributed by atoms with Crippen molar-refractivity contribution in [2.45, 2.75) is 6.92 Å². The van der Waals surface area contributed by atoms with E-state index in [1.807, 2.05) is 0 Å². The van der Waals surface area contributed by atoms with Gasteiger partial charge in [-0.3, -0.25) is 9.59 Å². The van der Waals surface area contributed by atoms with Gasteiger partial charge in [0.2, 0.25) is 5.91 Å². The number of carbonyl (C=O) groups excluding carboxylic acids is 2. The first kappa shape index (κ1) is 15.5. The van der Waals surface area contributed by atoms with E-state index in [1.54, 1.807) is 30.3 Å². The van der Waals surface area contributed by atoms with Gasteiger partial charge in [-0.15, -0.1) is 0 Å². The predicted molar refractivity (Wildman–Crippen MR) is 87.5 cm³/mol. The summed E-state index contributed by atoms with van der Waals surface area (Å²) in [5, 5.41) is 19.6. The fourth-order valence-electron chi connectivity index (χ4n) is 2.68. The fraction of sp³-hybridized carbons (Fsp3) is 0.0556. The second kappa shape index (κ2) is 5.66. The maximum Gasteiger partial charge on any atom is 0.335 e. The highest BCUT2D eigenvalue weighted by Gasteiger charge is 2.38. The number of carboxylic acid groups (broad SMARTS) is 1. The Morgan fingerprint density at radius 2 is 1.62 bits per heavy atom. The Morgan fingerprint density at radius 1 is 0.958 bits per heavy atom. The van der Waals surface area contributed by atoms with Crippen LogP contribution in [-0.4, -0.2) is 28.0 Å². The Labute approximate surface area is 137 Å². The molecule has 0 radical (unpaired) electrons. The van der Waals surface area contributed by atoms with Crippen molar-refractivity contribution in [3.8, 4) is 0 Å². The van der Waals surface area contributed by atoms with Gasteiger partial charge in [0.1, 0.15) is 5.76 Å². The molecule has 0 spiro atoms. The van der Waals surface area contributed by atoms with Gasteiger partial charge in [0.15, 0.2) is 0 Å². The van der Waals surface area contributed by atoms with Gasteiger partial charge < -0.3 is 10.2 Å².